The topological polar surface area (TPSA) is 644 Å². The number of carboxylic acids is 2. The van der Waals surface area contributed by atoms with Gasteiger partial charge in [0.05, 0.1) is 32.4 Å². The number of aliphatic carboxylic acids is 2. The number of nitrogens with two attached hydrogens (primary N) is 3. The Labute approximate surface area is 709 Å². The number of carbonyl (C=O) groups is 18. The first kappa shape index (κ1) is 96.2. The molecule has 16 amide bonds. The van der Waals surface area contributed by atoms with Crippen LogP contribution in [0.5, 0.6) is 0 Å². The number of rotatable bonds is 19. The molecule has 0 spiro atoms. The summed E-state index contributed by atoms with van der Waals surface area (Å²) in [4.78, 5) is 244. The van der Waals surface area contributed by atoms with Crippen LogP contribution in [-0.2, 0) is 99.1 Å². The van der Waals surface area contributed by atoms with Gasteiger partial charge in [-0.25, -0.2) is 0 Å². The number of fused-ring (bicyclic) bond motifs is 2. The van der Waals surface area contributed by atoms with Crippen molar-refractivity contribution in [2.45, 2.75) is 146 Å². The number of amidine groups is 1. The van der Waals surface area contributed by atoms with Crippen LogP contribution in [0.25, 0.3) is 21.8 Å². The van der Waals surface area contributed by atoms with Gasteiger partial charge in [-0.05, 0) is 114 Å². The number of piperidine rings is 1. The van der Waals surface area contributed by atoms with Crippen molar-refractivity contribution in [1.82, 2.24) is 83.6 Å². The molecule has 3 fully saturated rings. The number of aromatic amines is 2. The van der Waals surface area contributed by atoms with Crippen molar-refractivity contribution in [3.63, 3.8) is 0 Å². The Bertz CT molecular complexity index is 4620. The lowest BCUT2D eigenvalue weighted by Gasteiger charge is -2.32. The van der Waals surface area contributed by atoms with Gasteiger partial charge >= 0.3 is 11.9 Å². The van der Waals surface area contributed by atoms with Crippen molar-refractivity contribution in [1.29, 1.82) is 5.41 Å². The number of carbonyl (C=O) groups excluding carboxylic acids is 16. The van der Waals surface area contributed by atoms with Crippen LogP contribution < -0.4 is 86.3 Å². The van der Waals surface area contributed by atoms with Crippen LogP contribution in [0, 0.1) is 11.3 Å². The molecule has 41 nitrogen and oxygen atoms in total. The molecule has 3 aliphatic rings. The van der Waals surface area contributed by atoms with Crippen molar-refractivity contribution >= 4 is 183 Å². The zero-order chi connectivity index (χ0) is 88.6. The molecule has 0 saturated carbocycles. The number of anilines is 1. The van der Waals surface area contributed by atoms with Crippen LogP contribution in [0.3, 0.4) is 0 Å². The van der Waals surface area contributed by atoms with Crippen molar-refractivity contribution in [2.75, 3.05) is 74.1 Å². The Morgan fingerprint density at radius 3 is 1.34 bits per heavy atom. The molecule has 0 bridgehead atoms. The summed E-state index contributed by atoms with van der Waals surface area (Å²) >= 11 is 0. The summed E-state index contributed by atoms with van der Waals surface area (Å²) in [5.74, 6) is -15.8. The van der Waals surface area contributed by atoms with Crippen LogP contribution in [0.4, 0.5) is 5.69 Å². The van der Waals surface area contributed by atoms with Gasteiger partial charge in [0.15, 0.2) is 0 Å². The molecule has 0 aliphatic carbocycles. The van der Waals surface area contributed by atoms with E-state index in [0.717, 1.165) is 65.3 Å². The number of H-pyrrole nitrogens is 2. The van der Waals surface area contributed by atoms with E-state index in [1.165, 1.54) is 72.6 Å². The lowest BCUT2D eigenvalue weighted by atomic mass is 9.97. The average Bonchev–Trinajstić information content (AvgIpc) is 1.72. The summed E-state index contributed by atoms with van der Waals surface area (Å²) in [7, 11) is 4.65. The van der Waals surface area contributed by atoms with E-state index in [0.29, 0.717) is 37.2 Å². The van der Waals surface area contributed by atoms with E-state index in [4.69, 9.17) is 22.6 Å². The maximum atomic E-state index is 14.1. The minimum Gasteiger partial charge on any atom is -0.481 e. The Kier molecular flexibility index (Phi) is 37.9. The van der Waals surface area contributed by atoms with E-state index < -0.39 is 193 Å². The summed E-state index contributed by atoms with van der Waals surface area (Å²) in [6.07, 6.45) is 2.60. The number of nitrogens with one attached hydrogen (secondary N) is 16. The number of hydrogen-bond acceptors (Lipinski definition) is 24. The Morgan fingerprint density at radius 1 is 0.496 bits per heavy atom. The minimum absolute atomic E-state index is 0.00949. The van der Waals surface area contributed by atoms with E-state index in [2.05, 4.69) is 79.1 Å². The van der Waals surface area contributed by atoms with Crippen LogP contribution in [0.15, 0.2) is 85.2 Å². The largest absolute Gasteiger partial charge is 0.481 e. The lowest BCUT2D eigenvalue weighted by Crippen LogP contribution is -2.59. The summed E-state index contributed by atoms with van der Waals surface area (Å²) in [6, 6.07) is 7.17. The standard InChI is InChI=1S/C39H49N11O10S2.C37H52N10O10S2/c1-20-39(60)50(13-11-23-17-43-26-6-4-3-5-25(23)26)21(2)36(57)49-29(35(42)56)19-62-61-14-12-30(51)47-27(15-31(52)46-24-9-7-22(8-10-24)34(40)41)37(58)44-18-32(53)48-28(16-33(54)55)38(59)45-20;1-20-37(57)47(13-9-23-16-40-25-6-4-3-5-24(23)25)21(2)33(53)46-28(32(38)52)19-59-58-14-10-29(48)45-27(17-41-34(54)22-7-11-39-12-8-22)35(55)42-18-30(49)44-26(15-31(50)51)36(56)43-20/h3-10,17,20-21,27-29,43H,11-16,18-19H2,1-2H3,(H3,40,41)(H2,42,56)(H,44,58)(H,45,59)(H,46,52)(H,47,51)(H,48,53)(H,49,57)(H,54,55);3-6,16,20-22,26-28,39-40H,7-15,17-19H2,1-2H3,(H2,38,52)(H,41,54)(H,42,55)(H,43,56)(H,44,49)(H,45,48)(H,46,53)(H,50,51)/t20-,21-,27-,28-,29?;20-,21-,26-,27-,28?/m00/s1. The van der Waals surface area contributed by atoms with Gasteiger partial charge in [-0.2, -0.15) is 0 Å². The van der Waals surface area contributed by atoms with E-state index in [1.54, 1.807) is 12.4 Å². The second-order valence-electron chi connectivity index (χ2n) is 28.4. The number of amides is 16. The number of benzene rings is 3. The highest BCUT2D eigenvalue weighted by Gasteiger charge is 2.38. The van der Waals surface area contributed by atoms with Crippen LogP contribution in [0.2, 0.25) is 0 Å². The Hall–Kier alpha value is -12.0. The first-order valence-electron chi connectivity index (χ1n) is 38.5. The first-order valence-corrected chi connectivity index (χ1v) is 43.4. The third-order valence-corrected chi connectivity index (χ3v) is 24.2. The molecule has 3 aromatic carbocycles. The highest BCUT2D eigenvalue weighted by Crippen LogP contribution is 2.26. The molecule has 0 radical (unpaired) electrons. The second-order valence-corrected chi connectivity index (χ2v) is 33.6. The van der Waals surface area contributed by atoms with E-state index >= 15 is 0 Å². The van der Waals surface area contributed by atoms with Gasteiger partial charge in [0, 0.05) is 107 Å². The van der Waals surface area contributed by atoms with E-state index in [1.807, 2.05) is 48.5 Å². The Balaban J connectivity index is 0.000000334. The molecule has 2 aromatic heterocycles. The highest BCUT2D eigenvalue weighted by atomic mass is 33.1. The smallest absolute Gasteiger partial charge is 0.305 e. The monoisotopic (exact) mass is 1760 g/mol. The van der Waals surface area contributed by atoms with E-state index in [-0.39, 0.29) is 86.0 Å². The maximum Gasteiger partial charge on any atom is 0.305 e. The number of nitrogens with zero attached hydrogens (tertiary/aromatic N) is 2. The molecular formula is C76H101N21O20S4. The molecular weight excluding hydrogens is 1660 g/mol. The normalized spacial score (nSPS) is 22.9. The van der Waals surface area contributed by atoms with Crippen molar-refractivity contribution in [2.24, 2.45) is 23.1 Å². The lowest BCUT2D eigenvalue weighted by molar-refractivity contribution is -0.144. The van der Waals surface area contributed by atoms with Crippen molar-refractivity contribution < 1.29 is 96.5 Å². The SMILES string of the molecule is C[C@@H]1NC(=O)[C@H](CC(=O)O)NC(=O)CNC(=O)[C@H](CC(=O)Nc2ccc(C(=N)N)cc2)NC(=O)CCSSCC(C(N)=O)NC(=O)[C@H](C)N(CCc2c[nH]c3ccccc23)C1=O.C[C@@H]1NC(=O)[C@H](CC(=O)O)NC(=O)CNC(=O)[C@H](CNC(=O)C2CCNCC2)NC(=O)CCSSCC(C(N)=O)NC(=O)[C@H](C)N(CCc2c[nH]c3ccccc23)C1=O. The van der Waals surface area contributed by atoms with E-state index in [9.17, 15) is 96.5 Å². The van der Waals surface area contributed by atoms with Crippen LogP contribution in [-0.4, -0.2) is 272 Å². The third-order valence-electron chi connectivity index (χ3n) is 19.4. The number of nitrogen functional groups attached to an aromatic ring is 1. The third kappa shape index (κ3) is 30.7. The molecule has 3 aliphatic heterocycles. The summed E-state index contributed by atoms with van der Waals surface area (Å²) in [6.45, 7) is 4.96. The zero-order valence-electron chi connectivity index (χ0n) is 66.6. The van der Waals surface area contributed by atoms with Gasteiger partial charge in [-0.3, -0.25) is 91.7 Å². The maximum absolute atomic E-state index is 14.1. The number of aromatic nitrogens is 2. The first-order chi connectivity index (χ1) is 57.6. The minimum atomic E-state index is -1.74. The fourth-order valence-electron chi connectivity index (χ4n) is 12.6. The molecule has 5 heterocycles. The second kappa shape index (κ2) is 47.7. The fraction of sp³-hybridized carbons (Fsp3) is 0.461. The van der Waals surface area contributed by atoms with Gasteiger partial charge in [0.25, 0.3) is 0 Å². The molecule has 2 unspecified atom stereocenters. The average molecular weight is 1760 g/mol. The molecule has 8 rings (SSSR count). The van der Waals surface area contributed by atoms with Crippen molar-refractivity contribution in [3.8, 4) is 0 Å². The molecule has 24 N–H and O–H groups in total. The predicted octanol–water partition coefficient (Wildman–Crippen LogP) is -3.08. The van der Waals surface area contributed by atoms with Gasteiger partial charge in [-0.1, -0.05) is 79.6 Å². The number of carboxylic acid groups (broad SMARTS) is 2. The molecule has 3 saturated heterocycles. The molecule has 10 atom stereocenters. The van der Waals surface area contributed by atoms with Crippen molar-refractivity contribution in [3.05, 3.63) is 102 Å². The summed E-state index contributed by atoms with van der Waals surface area (Å²) in [5.41, 5.74) is 20.8. The fourth-order valence-corrected chi connectivity index (χ4v) is 17.0. The zero-order valence-corrected chi connectivity index (χ0v) is 69.8. The van der Waals surface area contributed by atoms with Gasteiger partial charge < -0.3 is 116 Å². The quantitative estimate of drug-likeness (QED) is 0.0221. The highest BCUT2D eigenvalue weighted by molar-refractivity contribution is 8.77. The summed E-state index contributed by atoms with van der Waals surface area (Å²) < 4.78 is 0. The molecule has 654 valence electrons. The predicted molar refractivity (Wildman–Crippen MR) is 450 cm³/mol. The Morgan fingerprint density at radius 2 is 0.909 bits per heavy atom. The number of primary amides is 2. The van der Waals surface area contributed by atoms with Gasteiger partial charge in [0.1, 0.15) is 66.3 Å². The molecule has 121 heavy (non-hydrogen) atoms. The molecule has 45 heteroatoms. The van der Waals surface area contributed by atoms with Crippen LogP contribution in [0.1, 0.15) is 89.3 Å². The summed E-state index contributed by atoms with van der Waals surface area (Å²) in [5, 5.41) is 61.1. The molecule has 5 aromatic rings. The van der Waals surface area contributed by atoms with Crippen LogP contribution >= 0.6 is 43.2 Å². The van der Waals surface area contributed by atoms with Gasteiger partial charge in [-0.15, -0.1) is 0 Å². The number of para-hydroxylation sites is 2. The number of hydrogen-bond donors (Lipinski definition) is 21. The van der Waals surface area contributed by atoms with Gasteiger partial charge in [0.2, 0.25) is 94.5 Å².